The molecule has 0 heterocycles. The SMILES string of the molecule is C[C@@H](O)[C@@H](C)NC(=O)OC(C)(C)C. The highest BCUT2D eigenvalue weighted by molar-refractivity contribution is 5.68. The van der Waals surface area contributed by atoms with Crippen LogP contribution < -0.4 is 5.32 Å². The van der Waals surface area contributed by atoms with Crippen LogP contribution in [0.1, 0.15) is 34.6 Å². The summed E-state index contributed by atoms with van der Waals surface area (Å²) in [6, 6.07) is -0.296. The molecule has 1 amide bonds. The second kappa shape index (κ2) is 4.46. The Labute approximate surface area is 79.3 Å². The summed E-state index contributed by atoms with van der Waals surface area (Å²) < 4.78 is 5.00. The van der Waals surface area contributed by atoms with E-state index in [-0.39, 0.29) is 6.04 Å². The van der Waals surface area contributed by atoms with Gasteiger partial charge in [0.05, 0.1) is 12.1 Å². The molecule has 0 aromatic rings. The van der Waals surface area contributed by atoms with Crippen LogP contribution in [0, 0.1) is 0 Å². The molecule has 0 aliphatic heterocycles. The molecular weight excluding hydrogens is 170 g/mol. The minimum atomic E-state index is -0.576. The standard InChI is InChI=1S/C9H19NO3/c1-6(7(2)11)10-8(12)13-9(3,4)5/h6-7,11H,1-5H3,(H,10,12)/t6-,7-/m1/s1. The van der Waals surface area contributed by atoms with Gasteiger partial charge in [0, 0.05) is 0 Å². The van der Waals surface area contributed by atoms with E-state index in [9.17, 15) is 4.79 Å². The number of carbonyl (C=O) groups excluding carboxylic acids is 1. The summed E-state index contributed by atoms with van der Waals surface area (Å²) >= 11 is 0. The summed E-state index contributed by atoms with van der Waals surface area (Å²) in [5, 5.41) is 11.6. The molecule has 0 bridgehead atoms. The summed E-state index contributed by atoms with van der Waals surface area (Å²) in [6.45, 7) is 8.70. The summed E-state index contributed by atoms with van der Waals surface area (Å²) in [5.74, 6) is 0. The maximum Gasteiger partial charge on any atom is 0.407 e. The number of aliphatic hydroxyl groups is 1. The van der Waals surface area contributed by atoms with E-state index < -0.39 is 17.8 Å². The topological polar surface area (TPSA) is 58.6 Å². The highest BCUT2D eigenvalue weighted by Crippen LogP contribution is 2.06. The first-order chi connectivity index (χ1) is 5.72. The van der Waals surface area contributed by atoms with Crippen LogP contribution in [-0.2, 0) is 4.74 Å². The number of rotatable bonds is 2. The molecule has 0 aromatic carbocycles. The van der Waals surface area contributed by atoms with E-state index >= 15 is 0 Å². The van der Waals surface area contributed by atoms with Gasteiger partial charge in [-0.1, -0.05) is 0 Å². The maximum absolute atomic E-state index is 11.1. The van der Waals surface area contributed by atoms with Gasteiger partial charge in [0.2, 0.25) is 0 Å². The first-order valence-electron chi connectivity index (χ1n) is 4.40. The van der Waals surface area contributed by atoms with Crippen LogP contribution in [0.5, 0.6) is 0 Å². The number of amides is 1. The second-order valence-corrected chi connectivity index (χ2v) is 4.18. The summed E-state index contributed by atoms with van der Waals surface area (Å²) in [7, 11) is 0. The predicted molar refractivity (Wildman–Crippen MR) is 50.5 cm³/mol. The van der Waals surface area contributed by atoms with E-state index in [0.29, 0.717) is 0 Å². The molecule has 0 aliphatic rings. The number of ether oxygens (including phenoxy) is 1. The number of nitrogens with one attached hydrogen (secondary N) is 1. The van der Waals surface area contributed by atoms with Gasteiger partial charge in [-0.05, 0) is 34.6 Å². The van der Waals surface area contributed by atoms with Crippen LogP contribution in [0.2, 0.25) is 0 Å². The van der Waals surface area contributed by atoms with E-state index in [1.54, 1.807) is 34.6 Å². The Kier molecular flexibility index (Phi) is 4.20. The van der Waals surface area contributed by atoms with Gasteiger partial charge in [-0.3, -0.25) is 0 Å². The van der Waals surface area contributed by atoms with E-state index in [2.05, 4.69) is 5.32 Å². The molecule has 2 atom stereocenters. The van der Waals surface area contributed by atoms with Crippen molar-refractivity contribution >= 4 is 6.09 Å². The van der Waals surface area contributed by atoms with E-state index in [0.717, 1.165) is 0 Å². The zero-order valence-electron chi connectivity index (χ0n) is 8.92. The number of hydrogen-bond donors (Lipinski definition) is 2. The zero-order valence-corrected chi connectivity index (χ0v) is 8.92. The number of hydrogen-bond acceptors (Lipinski definition) is 3. The third-order valence-corrected chi connectivity index (χ3v) is 1.47. The highest BCUT2D eigenvalue weighted by atomic mass is 16.6. The molecule has 0 radical (unpaired) electrons. The van der Waals surface area contributed by atoms with Crippen LogP contribution >= 0.6 is 0 Å². The van der Waals surface area contributed by atoms with Crippen LogP contribution in [-0.4, -0.2) is 28.9 Å². The van der Waals surface area contributed by atoms with Crippen LogP contribution in [0.3, 0.4) is 0 Å². The molecule has 0 fully saturated rings. The lowest BCUT2D eigenvalue weighted by Gasteiger charge is -2.22. The van der Waals surface area contributed by atoms with Crippen molar-refractivity contribution < 1.29 is 14.6 Å². The average Bonchev–Trinajstić information content (AvgIpc) is 1.81. The fraction of sp³-hybridized carbons (Fsp3) is 0.889. The van der Waals surface area contributed by atoms with Gasteiger partial charge in [0.25, 0.3) is 0 Å². The molecule has 4 heteroatoms. The van der Waals surface area contributed by atoms with E-state index in [1.165, 1.54) is 0 Å². The molecule has 0 aromatic heterocycles. The molecule has 78 valence electrons. The lowest BCUT2D eigenvalue weighted by molar-refractivity contribution is 0.0450. The van der Waals surface area contributed by atoms with Crippen molar-refractivity contribution in [3.05, 3.63) is 0 Å². The Morgan fingerprint density at radius 3 is 2.15 bits per heavy atom. The normalized spacial score (nSPS) is 16.2. The smallest absolute Gasteiger partial charge is 0.407 e. The largest absolute Gasteiger partial charge is 0.444 e. The van der Waals surface area contributed by atoms with Gasteiger partial charge < -0.3 is 15.2 Å². The van der Waals surface area contributed by atoms with Crippen molar-refractivity contribution in [3.8, 4) is 0 Å². The number of carbonyl (C=O) groups is 1. The highest BCUT2D eigenvalue weighted by Gasteiger charge is 2.18. The minimum absolute atomic E-state index is 0.296. The summed E-state index contributed by atoms with van der Waals surface area (Å²) in [5.41, 5.74) is -0.498. The van der Waals surface area contributed by atoms with Crippen molar-refractivity contribution in [2.75, 3.05) is 0 Å². The zero-order chi connectivity index (χ0) is 10.6. The molecule has 0 aliphatic carbocycles. The average molecular weight is 189 g/mol. The van der Waals surface area contributed by atoms with Crippen molar-refractivity contribution in [1.82, 2.24) is 5.32 Å². The third-order valence-electron chi connectivity index (χ3n) is 1.47. The van der Waals surface area contributed by atoms with Gasteiger partial charge in [0.15, 0.2) is 0 Å². The Morgan fingerprint density at radius 1 is 1.38 bits per heavy atom. The van der Waals surface area contributed by atoms with E-state index in [4.69, 9.17) is 9.84 Å². The van der Waals surface area contributed by atoms with Crippen molar-refractivity contribution in [2.45, 2.75) is 52.4 Å². The Hall–Kier alpha value is -0.770. The first-order valence-corrected chi connectivity index (χ1v) is 4.40. The second-order valence-electron chi connectivity index (χ2n) is 4.18. The fourth-order valence-electron chi connectivity index (χ4n) is 0.614. The van der Waals surface area contributed by atoms with Gasteiger partial charge in [-0.2, -0.15) is 0 Å². The quantitative estimate of drug-likeness (QED) is 0.688. The third kappa shape index (κ3) is 6.40. The minimum Gasteiger partial charge on any atom is -0.444 e. The molecule has 4 nitrogen and oxygen atoms in total. The van der Waals surface area contributed by atoms with Crippen molar-refractivity contribution in [3.63, 3.8) is 0 Å². The monoisotopic (exact) mass is 189 g/mol. The van der Waals surface area contributed by atoms with Gasteiger partial charge >= 0.3 is 6.09 Å². The number of aliphatic hydroxyl groups excluding tert-OH is 1. The maximum atomic E-state index is 11.1. The molecule has 0 saturated carbocycles. The molecule has 13 heavy (non-hydrogen) atoms. The van der Waals surface area contributed by atoms with Crippen molar-refractivity contribution in [1.29, 1.82) is 0 Å². The Morgan fingerprint density at radius 2 is 1.85 bits per heavy atom. The Bertz CT molecular complexity index is 172. The summed E-state index contributed by atoms with van der Waals surface area (Å²) in [4.78, 5) is 11.1. The molecule has 0 saturated heterocycles. The Balaban J connectivity index is 3.89. The van der Waals surface area contributed by atoms with Crippen LogP contribution in [0.15, 0.2) is 0 Å². The first kappa shape index (κ1) is 12.2. The van der Waals surface area contributed by atoms with Gasteiger partial charge in [0.1, 0.15) is 5.60 Å². The number of alkyl carbamates (subject to hydrolysis) is 1. The van der Waals surface area contributed by atoms with Crippen LogP contribution in [0.25, 0.3) is 0 Å². The fourth-order valence-corrected chi connectivity index (χ4v) is 0.614. The molecule has 0 rings (SSSR count). The van der Waals surface area contributed by atoms with Gasteiger partial charge in [-0.25, -0.2) is 4.79 Å². The molecule has 0 unspecified atom stereocenters. The van der Waals surface area contributed by atoms with E-state index in [1.807, 2.05) is 0 Å². The van der Waals surface area contributed by atoms with Gasteiger partial charge in [-0.15, -0.1) is 0 Å². The summed E-state index contributed by atoms with van der Waals surface area (Å²) in [6.07, 6.45) is -1.08. The van der Waals surface area contributed by atoms with Crippen LogP contribution in [0.4, 0.5) is 4.79 Å². The van der Waals surface area contributed by atoms with Crippen molar-refractivity contribution in [2.24, 2.45) is 0 Å². The molecule has 0 spiro atoms. The molecular formula is C9H19NO3. The lowest BCUT2D eigenvalue weighted by Crippen LogP contribution is -2.42. The lowest BCUT2D eigenvalue weighted by atomic mass is 10.2. The predicted octanol–water partition coefficient (Wildman–Crippen LogP) is 1.28. The molecule has 2 N–H and O–H groups in total.